The van der Waals surface area contributed by atoms with Gasteiger partial charge in [-0.2, -0.15) is 0 Å². The minimum absolute atomic E-state index is 0.0252. The van der Waals surface area contributed by atoms with Gasteiger partial charge in [0.05, 0.1) is 18.2 Å². The van der Waals surface area contributed by atoms with E-state index in [1.54, 1.807) is 55.8 Å². The third kappa shape index (κ3) is 4.58. The van der Waals surface area contributed by atoms with Gasteiger partial charge in [0.2, 0.25) is 0 Å². The van der Waals surface area contributed by atoms with Crippen LogP contribution in [0.3, 0.4) is 0 Å². The molecule has 1 unspecified atom stereocenters. The Labute approximate surface area is 191 Å². The summed E-state index contributed by atoms with van der Waals surface area (Å²) in [4.78, 5) is 17.3. The molecule has 0 saturated carbocycles. The molecule has 6 heteroatoms. The molecule has 0 aliphatic rings. The van der Waals surface area contributed by atoms with Crippen LogP contribution >= 0.6 is 11.6 Å². The lowest BCUT2D eigenvalue weighted by Crippen LogP contribution is -2.27. The van der Waals surface area contributed by atoms with Gasteiger partial charge in [0.15, 0.2) is 0 Å². The molecule has 0 radical (unpaired) electrons. The standard InChI is InChI=1S/C26H21ClN2O3/c1-32-19-12-10-18(11-13-19)26(31)29-23(14-9-17-6-3-2-4-7-17)21-16-22(27)20-8-5-15-28-24(20)25(21)30/h2-16,23,30H,1H3,(H,29,31). The lowest BCUT2D eigenvalue weighted by Gasteiger charge is -2.19. The molecule has 160 valence electrons. The first-order valence-corrected chi connectivity index (χ1v) is 10.4. The number of amides is 1. The Morgan fingerprint density at radius 2 is 1.84 bits per heavy atom. The largest absolute Gasteiger partial charge is 0.505 e. The van der Waals surface area contributed by atoms with Gasteiger partial charge in [0.1, 0.15) is 17.0 Å². The second-order valence-electron chi connectivity index (χ2n) is 7.15. The van der Waals surface area contributed by atoms with Crippen molar-refractivity contribution in [1.29, 1.82) is 0 Å². The summed E-state index contributed by atoms with van der Waals surface area (Å²) in [5.74, 6) is 0.335. The fourth-order valence-electron chi connectivity index (χ4n) is 3.41. The van der Waals surface area contributed by atoms with Gasteiger partial charge in [-0.15, -0.1) is 0 Å². The van der Waals surface area contributed by atoms with Crippen LogP contribution in [0.15, 0.2) is 85.1 Å². The monoisotopic (exact) mass is 444 g/mol. The Kier molecular flexibility index (Phi) is 6.38. The number of rotatable bonds is 6. The van der Waals surface area contributed by atoms with Crippen LogP contribution in [0.2, 0.25) is 5.02 Å². The van der Waals surface area contributed by atoms with Gasteiger partial charge in [-0.1, -0.05) is 54.1 Å². The Bertz CT molecular complexity index is 1270. The number of carbonyl (C=O) groups is 1. The number of halogens is 1. The van der Waals surface area contributed by atoms with Gasteiger partial charge in [-0.25, -0.2) is 0 Å². The quantitative estimate of drug-likeness (QED) is 0.395. The van der Waals surface area contributed by atoms with Crippen molar-refractivity contribution in [3.8, 4) is 11.5 Å². The number of aromatic nitrogens is 1. The number of fused-ring (bicyclic) bond motifs is 1. The molecule has 5 nitrogen and oxygen atoms in total. The van der Waals surface area contributed by atoms with Crippen molar-refractivity contribution >= 4 is 34.5 Å². The number of pyridine rings is 1. The molecule has 0 aliphatic carbocycles. The second kappa shape index (κ2) is 9.54. The Hall–Kier alpha value is -3.83. The maximum absolute atomic E-state index is 13.0. The van der Waals surface area contributed by atoms with E-state index < -0.39 is 6.04 Å². The molecule has 32 heavy (non-hydrogen) atoms. The molecule has 1 atom stereocenters. The number of nitrogens with zero attached hydrogens (tertiary/aromatic N) is 1. The Morgan fingerprint density at radius 1 is 1.09 bits per heavy atom. The van der Waals surface area contributed by atoms with E-state index in [2.05, 4.69) is 10.3 Å². The van der Waals surface area contributed by atoms with Crippen LogP contribution in [-0.4, -0.2) is 23.1 Å². The van der Waals surface area contributed by atoms with Crippen molar-refractivity contribution in [2.75, 3.05) is 7.11 Å². The molecule has 0 saturated heterocycles. The van der Waals surface area contributed by atoms with Crippen molar-refractivity contribution < 1.29 is 14.6 Å². The zero-order valence-electron chi connectivity index (χ0n) is 17.3. The topological polar surface area (TPSA) is 71.5 Å². The van der Waals surface area contributed by atoms with Crippen LogP contribution in [0.1, 0.15) is 27.5 Å². The van der Waals surface area contributed by atoms with E-state index in [1.165, 1.54) is 0 Å². The molecule has 0 spiro atoms. The summed E-state index contributed by atoms with van der Waals surface area (Å²) in [5, 5.41) is 15.0. The third-order valence-corrected chi connectivity index (χ3v) is 5.41. The number of ether oxygens (including phenoxy) is 1. The summed E-state index contributed by atoms with van der Waals surface area (Å²) in [5.41, 5.74) is 2.26. The molecule has 4 aromatic rings. The highest BCUT2D eigenvalue weighted by Crippen LogP contribution is 2.37. The molecular formula is C26H21ClN2O3. The molecule has 0 bridgehead atoms. The lowest BCUT2D eigenvalue weighted by atomic mass is 10.0. The van der Waals surface area contributed by atoms with Crippen molar-refractivity contribution in [3.63, 3.8) is 0 Å². The molecule has 0 aliphatic heterocycles. The number of nitrogens with one attached hydrogen (secondary N) is 1. The number of benzene rings is 3. The van der Waals surface area contributed by atoms with E-state index in [-0.39, 0.29) is 11.7 Å². The minimum Gasteiger partial charge on any atom is -0.505 e. The molecule has 4 rings (SSSR count). The smallest absolute Gasteiger partial charge is 0.252 e. The molecule has 3 aromatic carbocycles. The molecule has 2 N–H and O–H groups in total. The van der Waals surface area contributed by atoms with Crippen molar-refractivity contribution in [2.45, 2.75) is 6.04 Å². The van der Waals surface area contributed by atoms with Crippen LogP contribution in [0, 0.1) is 0 Å². The van der Waals surface area contributed by atoms with Gasteiger partial charge in [0.25, 0.3) is 5.91 Å². The Balaban J connectivity index is 1.74. The highest BCUT2D eigenvalue weighted by molar-refractivity contribution is 6.35. The Morgan fingerprint density at radius 3 is 2.56 bits per heavy atom. The zero-order chi connectivity index (χ0) is 22.5. The van der Waals surface area contributed by atoms with Crippen molar-refractivity contribution in [1.82, 2.24) is 10.3 Å². The minimum atomic E-state index is -0.645. The van der Waals surface area contributed by atoms with Gasteiger partial charge in [0, 0.05) is 22.7 Å². The van der Waals surface area contributed by atoms with Crippen molar-refractivity contribution in [3.05, 3.63) is 107 Å². The second-order valence-corrected chi connectivity index (χ2v) is 7.55. The molecule has 1 aromatic heterocycles. The van der Waals surface area contributed by atoms with Crippen LogP contribution in [-0.2, 0) is 0 Å². The summed E-state index contributed by atoms with van der Waals surface area (Å²) < 4.78 is 5.16. The van der Waals surface area contributed by atoms with E-state index in [0.29, 0.717) is 32.8 Å². The summed E-state index contributed by atoms with van der Waals surface area (Å²) in [6, 6.07) is 21.1. The average molecular weight is 445 g/mol. The number of phenolic OH excluding ortho intramolecular Hbond substituents is 1. The molecule has 1 amide bonds. The third-order valence-electron chi connectivity index (χ3n) is 5.10. The lowest BCUT2D eigenvalue weighted by molar-refractivity contribution is 0.0944. The van der Waals surface area contributed by atoms with E-state index in [4.69, 9.17) is 16.3 Å². The predicted molar refractivity (Wildman–Crippen MR) is 127 cm³/mol. The number of methoxy groups -OCH3 is 1. The first kappa shape index (κ1) is 21.4. The van der Waals surface area contributed by atoms with Crippen LogP contribution in [0.4, 0.5) is 0 Å². The molecule has 0 fully saturated rings. The number of hydrogen-bond acceptors (Lipinski definition) is 4. The predicted octanol–water partition coefficient (Wildman–Crippen LogP) is 5.79. The first-order chi connectivity index (χ1) is 15.6. The normalized spacial score (nSPS) is 12.1. The molecule has 1 heterocycles. The molecular weight excluding hydrogens is 424 g/mol. The number of phenols is 1. The van der Waals surface area contributed by atoms with E-state index in [1.807, 2.05) is 42.5 Å². The van der Waals surface area contributed by atoms with E-state index >= 15 is 0 Å². The average Bonchev–Trinajstić information content (AvgIpc) is 2.84. The maximum Gasteiger partial charge on any atom is 0.252 e. The van der Waals surface area contributed by atoms with E-state index in [9.17, 15) is 9.90 Å². The van der Waals surface area contributed by atoms with Crippen molar-refractivity contribution in [2.24, 2.45) is 0 Å². The van der Waals surface area contributed by atoms with Gasteiger partial charge in [-0.3, -0.25) is 9.78 Å². The maximum atomic E-state index is 13.0. The SMILES string of the molecule is COc1ccc(C(=O)NC(C=Cc2ccccc2)c2cc(Cl)c3cccnc3c2O)cc1. The van der Waals surface area contributed by atoms with Crippen LogP contribution < -0.4 is 10.1 Å². The number of carbonyl (C=O) groups excluding carboxylic acids is 1. The highest BCUT2D eigenvalue weighted by Gasteiger charge is 2.20. The zero-order valence-corrected chi connectivity index (χ0v) is 18.1. The summed E-state index contributed by atoms with van der Waals surface area (Å²) >= 11 is 6.48. The summed E-state index contributed by atoms with van der Waals surface area (Å²) in [6.45, 7) is 0. The van der Waals surface area contributed by atoms with Gasteiger partial charge in [-0.05, 0) is 48.0 Å². The first-order valence-electron chi connectivity index (χ1n) is 10.0. The summed E-state index contributed by atoms with van der Waals surface area (Å²) in [7, 11) is 1.57. The summed E-state index contributed by atoms with van der Waals surface area (Å²) in [6.07, 6.45) is 5.29. The van der Waals surface area contributed by atoms with E-state index in [0.717, 1.165) is 5.56 Å². The number of hydrogen-bond donors (Lipinski definition) is 2. The van der Waals surface area contributed by atoms with Crippen LogP contribution in [0.5, 0.6) is 11.5 Å². The highest BCUT2D eigenvalue weighted by atomic mass is 35.5. The fraction of sp³-hybridized carbons (Fsp3) is 0.0769. The van der Waals surface area contributed by atoms with Gasteiger partial charge >= 0.3 is 0 Å². The van der Waals surface area contributed by atoms with Crippen LogP contribution in [0.25, 0.3) is 17.0 Å². The number of aromatic hydroxyl groups is 1. The van der Waals surface area contributed by atoms with Gasteiger partial charge < -0.3 is 15.2 Å². The fourth-order valence-corrected chi connectivity index (χ4v) is 3.68.